The second kappa shape index (κ2) is 12.2. The molecule has 9 aromatic rings. The van der Waals surface area contributed by atoms with Gasteiger partial charge in [-0.2, -0.15) is 0 Å². The number of para-hydroxylation sites is 3. The normalized spacial score (nSPS) is 15.9. The summed E-state index contributed by atoms with van der Waals surface area (Å²) in [5, 5.41) is 4.76. The molecule has 0 N–H and O–H groups in total. The maximum absolute atomic E-state index is 6.24. The predicted molar refractivity (Wildman–Crippen MR) is 224 cm³/mol. The molecule has 0 amide bonds. The van der Waals surface area contributed by atoms with E-state index in [1.165, 1.54) is 50.1 Å². The van der Waals surface area contributed by atoms with Crippen LogP contribution < -0.4 is 9.80 Å². The Morgan fingerprint density at radius 2 is 0.926 bits per heavy atom. The zero-order valence-electron chi connectivity index (χ0n) is 30.0. The fourth-order valence-corrected chi connectivity index (χ4v) is 9.52. The summed E-state index contributed by atoms with van der Waals surface area (Å²) in [5.74, 6) is 0. The Morgan fingerprint density at radius 1 is 0.389 bits per heavy atom. The van der Waals surface area contributed by atoms with Crippen LogP contribution in [0.2, 0.25) is 0 Å². The molecule has 1 heterocycles. The van der Waals surface area contributed by atoms with Crippen molar-refractivity contribution >= 4 is 66.8 Å². The maximum atomic E-state index is 6.24. The molecule has 0 radical (unpaired) electrons. The van der Waals surface area contributed by atoms with Gasteiger partial charge in [0.25, 0.3) is 0 Å². The molecule has 1 spiro atoms. The third-order valence-electron chi connectivity index (χ3n) is 12.0. The van der Waals surface area contributed by atoms with Crippen LogP contribution in [0.4, 0.5) is 34.1 Å². The van der Waals surface area contributed by atoms with Gasteiger partial charge in [-0.1, -0.05) is 103 Å². The standard InChI is InChI=1S/C51H38N2O/c1-3-14-38(15-4-1)52(40-26-27-50-45(32-40)44-19-9-10-21-49(44)54-50)41-24-22-36-28-30-51(46(36)33-41)31-29-37-23-25-42(34-47(37)51)53(39-16-5-2-6-17-39)48-20-11-13-35-12-7-8-18-43(35)48/h1-27,32-34H,28-31H2/t51-/m1/s1. The largest absolute Gasteiger partial charge is 0.456 e. The van der Waals surface area contributed by atoms with Gasteiger partial charge in [-0.15, -0.1) is 0 Å². The fraction of sp³-hybridized carbons (Fsp3) is 0.0980. The Morgan fingerprint density at radius 3 is 1.65 bits per heavy atom. The van der Waals surface area contributed by atoms with Gasteiger partial charge in [0.15, 0.2) is 0 Å². The maximum Gasteiger partial charge on any atom is 0.135 e. The topological polar surface area (TPSA) is 19.6 Å². The number of rotatable bonds is 6. The van der Waals surface area contributed by atoms with Gasteiger partial charge < -0.3 is 14.2 Å². The summed E-state index contributed by atoms with van der Waals surface area (Å²) in [4.78, 5) is 4.87. The Hall–Kier alpha value is -6.58. The van der Waals surface area contributed by atoms with Gasteiger partial charge in [0.2, 0.25) is 0 Å². The zero-order chi connectivity index (χ0) is 35.6. The minimum Gasteiger partial charge on any atom is -0.456 e. The van der Waals surface area contributed by atoms with Gasteiger partial charge in [-0.25, -0.2) is 0 Å². The summed E-state index contributed by atoms with van der Waals surface area (Å²) >= 11 is 0. The SMILES string of the molecule is c1ccc(N(c2ccc3c(c2)[C@@]2(CC3)CCc3ccc(N(c4ccccc4)c4cccc5ccccc45)cc32)c2ccc3oc4ccccc4c3c2)cc1. The van der Waals surface area contributed by atoms with Crippen molar-refractivity contribution in [1.29, 1.82) is 0 Å². The first-order chi connectivity index (χ1) is 26.7. The van der Waals surface area contributed by atoms with Gasteiger partial charge in [-0.05, 0) is 132 Å². The van der Waals surface area contributed by atoms with E-state index in [4.69, 9.17) is 4.42 Å². The molecule has 0 unspecified atom stereocenters. The summed E-state index contributed by atoms with van der Waals surface area (Å²) < 4.78 is 6.24. The number of benzene rings is 8. The number of hydrogen-bond acceptors (Lipinski definition) is 3. The van der Waals surface area contributed by atoms with Crippen molar-refractivity contribution in [1.82, 2.24) is 0 Å². The van der Waals surface area contributed by atoms with Crippen molar-refractivity contribution in [2.45, 2.75) is 31.1 Å². The highest BCUT2D eigenvalue weighted by molar-refractivity contribution is 6.06. The lowest BCUT2D eigenvalue weighted by Gasteiger charge is -2.32. The molecule has 2 aliphatic rings. The van der Waals surface area contributed by atoms with Crippen molar-refractivity contribution in [2.75, 3.05) is 9.80 Å². The van der Waals surface area contributed by atoms with Gasteiger partial charge in [0.05, 0.1) is 5.69 Å². The molecule has 3 nitrogen and oxygen atoms in total. The van der Waals surface area contributed by atoms with Gasteiger partial charge in [0.1, 0.15) is 11.2 Å². The smallest absolute Gasteiger partial charge is 0.135 e. The average molecular weight is 695 g/mol. The Labute approximate surface area is 315 Å². The zero-order valence-corrected chi connectivity index (χ0v) is 30.0. The van der Waals surface area contributed by atoms with Crippen molar-refractivity contribution in [3.8, 4) is 0 Å². The molecule has 8 aromatic carbocycles. The van der Waals surface area contributed by atoms with E-state index in [2.05, 4.69) is 186 Å². The molecule has 0 fully saturated rings. The van der Waals surface area contributed by atoms with E-state index in [0.29, 0.717) is 0 Å². The molecule has 1 atom stereocenters. The van der Waals surface area contributed by atoms with E-state index in [1.54, 1.807) is 0 Å². The van der Waals surface area contributed by atoms with Crippen LogP contribution in [0.1, 0.15) is 35.1 Å². The lowest BCUT2D eigenvalue weighted by molar-refractivity contribution is 0.507. The van der Waals surface area contributed by atoms with Crippen LogP contribution in [0.15, 0.2) is 186 Å². The first-order valence-corrected chi connectivity index (χ1v) is 19.1. The predicted octanol–water partition coefficient (Wildman–Crippen LogP) is 13.9. The molecule has 0 aliphatic heterocycles. The molecular weight excluding hydrogens is 657 g/mol. The minimum atomic E-state index is -0.0368. The summed E-state index contributed by atoms with van der Waals surface area (Å²) in [6.07, 6.45) is 4.43. The van der Waals surface area contributed by atoms with Crippen molar-refractivity contribution < 1.29 is 4.42 Å². The molecule has 54 heavy (non-hydrogen) atoms. The van der Waals surface area contributed by atoms with Crippen molar-refractivity contribution in [3.63, 3.8) is 0 Å². The summed E-state index contributed by atoms with van der Waals surface area (Å²) in [6.45, 7) is 0. The first kappa shape index (κ1) is 31.0. The minimum absolute atomic E-state index is 0.0368. The Bertz CT molecular complexity index is 2850. The second-order valence-electron chi connectivity index (χ2n) is 14.9. The van der Waals surface area contributed by atoms with Crippen LogP contribution in [0, 0.1) is 0 Å². The summed E-state index contributed by atoms with van der Waals surface area (Å²) in [7, 11) is 0. The second-order valence-corrected chi connectivity index (χ2v) is 14.9. The highest BCUT2D eigenvalue weighted by Crippen LogP contribution is 2.55. The third-order valence-corrected chi connectivity index (χ3v) is 12.0. The summed E-state index contributed by atoms with van der Waals surface area (Å²) in [5.41, 5.74) is 14.7. The van der Waals surface area contributed by atoms with E-state index >= 15 is 0 Å². The van der Waals surface area contributed by atoms with Crippen LogP contribution in [-0.2, 0) is 18.3 Å². The van der Waals surface area contributed by atoms with Crippen molar-refractivity contribution in [3.05, 3.63) is 204 Å². The molecule has 0 saturated carbocycles. The van der Waals surface area contributed by atoms with E-state index in [0.717, 1.165) is 64.7 Å². The number of anilines is 6. The molecule has 2 aliphatic carbocycles. The fourth-order valence-electron chi connectivity index (χ4n) is 9.52. The molecule has 3 heteroatoms. The number of fused-ring (bicyclic) bond motifs is 8. The molecular formula is C51H38N2O. The number of furan rings is 1. The molecule has 0 saturated heterocycles. The highest BCUT2D eigenvalue weighted by atomic mass is 16.3. The number of aryl methyl sites for hydroxylation is 2. The Balaban J connectivity index is 1.06. The quantitative estimate of drug-likeness (QED) is 0.173. The monoisotopic (exact) mass is 694 g/mol. The third kappa shape index (κ3) is 4.82. The number of nitrogens with zero attached hydrogens (tertiary/aromatic N) is 2. The van der Waals surface area contributed by atoms with Crippen LogP contribution in [-0.4, -0.2) is 0 Å². The number of hydrogen-bond donors (Lipinski definition) is 0. The van der Waals surface area contributed by atoms with Crippen LogP contribution >= 0.6 is 0 Å². The lowest BCUT2D eigenvalue weighted by atomic mass is 9.76. The van der Waals surface area contributed by atoms with E-state index in [9.17, 15) is 0 Å². The highest BCUT2D eigenvalue weighted by Gasteiger charge is 2.45. The van der Waals surface area contributed by atoms with Gasteiger partial charge >= 0.3 is 0 Å². The van der Waals surface area contributed by atoms with Crippen molar-refractivity contribution in [2.24, 2.45) is 0 Å². The van der Waals surface area contributed by atoms with E-state index < -0.39 is 0 Å². The molecule has 258 valence electrons. The van der Waals surface area contributed by atoms with E-state index in [1.807, 2.05) is 6.07 Å². The van der Waals surface area contributed by atoms with E-state index in [-0.39, 0.29) is 5.41 Å². The van der Waals surface area contributed by atoms with Crippen LogP contribution in [0.5, 0.6) is 0 Å². The van der Waals surface area contributed by atoms with Crippen LogP contribution in [0.3, 0.4) is 0 Å². The first-order valence-electron chi connectivity index (χ1n) is 19.1. The van der Waals surface area contributed by atoms with Gasteiger partial charge in [-0.3, -0.25) is 0 Å². The molecule has 0 bridgehead atoms. The summed E-state index contributed by atoms with van der Waals surface area (Å²) in [6, 6.07) is 66.4. The molecule has 11 rings (SSSR count). The average Bonchev–Trinajstić information content (AvgIpc) is 3.92. The lowest BCUT2D eigenvalue weighted by Crippen LogP contribution is -2.22. The molecule has 1 aromatic heterocycles. The van der Waals surface area contributed by atoms with Gasteiger partial charge in [0, 0.05) is 50.0 Å². The van der Waals surface area contributed by atoms with Crippen LogP contribution in [0.25, 0.3) is 32.7 Å². The Kier molecular flexibility index (Phi) is 7.03.